The number of benzene rings is 3. The first-order chi connectivity index (χ1) is 16.2. The van der Waals surface area contributed by atoms with Gasteiger partial charge in [-0.15, -0.1) is 11.3 Å². The lowest BCUT2D eigenvalue weighted by Crippen LogP contribution is -2.20. The van der Waals surface area contributed by atoms with Crippen molar-refractivity contribution in [3.8, 4) is 5.75 Å². The number of anilines is 2. The summed E-state index contributed by atoms with van der Waals surface area (Å²) in [7, 11) is 0. The number of para-hydroxylation sites is 2. The molecular formula is C26H25N3O3S. The zero-order valence-corrected chi connectivity index (χ0v) is 18.9. The minimum absolute atomic E-state index is 0.0433. The molecular weight excluding hydrogens is 434 g/mol. The molecule has 4 rings (SSSR count). The number of ether oxygens (including phenoxy) is 1. The molecule has 4 aromatic rings. The lowest BCUT2D eigenvalue weighted by Gasteiger charge is -2.10. The van der Waals surface area contributed by atoms with E-state index >= 15 is 0 Å². The predicted octanol–water partition coefficient (Wildman–Crippen LogP) is 5.67. The Morgan fingerprint density at radius 1 is 0.818 bits per heavy atom. The fraction of sp³-hybridized carbons (Fsp3) is 0.192. The van der Waals surface area contributed by atoms with Gasteiger partial charge in [0.25, 0.3) is 5.91 Å². The summed E-state index contributed by atoms with van der Waals surface area (Å²) in [6.07, 6.45) is 3.01. The zero-order valence-electron chi connectivity index (χ0n) is 18.1. The molecule has 0 radical (unpaired) electrons. The summed E-state index contributed by atoms with van der Waals surface area (Å²) in [5.41, 5.74) is 2.40. The first kappa shape index (κ1) is 22.5. The fourth-order valence-electron chi connectivity index (χ4n) is 3.34. The van der Waals surface area contributed by atoms with Crippen LogP contribution in [0.5, 0.6) is 5.75 Å². The standard InChI is InChI=1S/C26H25N3O3S/c30-24(15-6-7-16-26-29-22-13-4-5-14-23(22)33-26)28-20-11-8-12-21(17-20)32-18-25(31)27-19-9-2-1-3-10-19/h1-5,8-14,17H,6-7,15-16,18H2,(H,27,31)(H,28,30). The molecule has 3 aromatic carbocycles. The first-order valence-electron chi connectivity index (χ1n) is 10.9. The molecule has 1 aromatic heterocycles. The number of aryl methyl sites for hydroxylation is 1. The number of fused-ring (bicyclic) bond motifs is 1. The van der Waals surface area contributed by atoms with Crippen LogP contribution in [0.15, 0.2) is 78.9 Å². The molecule has 0 unspecified atom stereocenters. The van der Waals surface area contributed by atoms with Crippen LogP contribution in [-0.4, -0.2) is 23.4 Å². The Hall–Kier alpha value is -3.71. The maximum atomic E-state index is 12.3. The van der Waals surface area contributed by atoms with Gasteiger partial charge < -0.3 is 15.4 Å². The lowest BCUT2D eigenvalue weighted by atomic mass is 10.2. The third-order valence-electron chi connectivity index (χ3n) is 4.93. The van der Waals surface area contributed by atoms with Gasteiger partial charge in [-0.05, 0) is 55.7 Å². The van der Waals surface area contributed by atoms with Crippen LogP contribution >= 0.6 is 11.3 Å². The lowest BCUT2D eigenvalue weighted by molar-refractivity contribution is -0.118. The number of carbonyl (C=O) groups is 2. The summed E-state index contributed by atoms with van der Waals surface area (Å²) in [6, 6.07) is 24.4. The average molecular weight is 460 g/mol. The van der Waals surface area contributed by atoms with Crippen molar-refractivity contribution in [2.45, 2.75) is 25.7 Å². The van der Waals surface area contributed by atoms with Crippen molar-refractivity contribution in [2.75, 3.05) is 17.2 Å². The third-order valence-corrected chi connectivity index (χ3v) is 6.02. The van der Waals surface area contributed by atoms with E-state index in [0.717, 1.165) is 35.5 Å². The predicted molar refractivity (Wildman–Crippen MR) is 133 cm³/mol. The van der Waals surface area contributed by atoms with Gasteiger partial charge in [0.1, 0.15) is 5.75 Å². The molecule has 0 fully saturated rings. The monoisotopic (exact) mass is 459 g/mol. The molecule has 0 spiro atoms. The molecule has 0 aliphatic heterocycles. The summed E-state index contributed by atoms with van der Waals surface area (Å²) in [6.45, 7) is -0.113. The number of aromatic nitrogens is 1. The van der Waals surface area contributed by atoms with Crippen molar-refractivity contribution >= 4 is 44.7 Å². The van der Waals surface area contributed by atoms with Gasteiger partial charge in [-0.2, -0.15) is 0 Å². The van der Waals surface area contributed by atoms with Crippen LogP contribution in [0, 0.1) is 0 Å². The van der Waals surface area contributed by atoms with Gasteiger partial charge in [0.2, 0.25) is 5.91 Å². The van der Waals surface area contributed by atoms with E-state index in [9.17, 15) is 9.59 Å². The Bertz CT molecular complexity index is 1190. The number of rotatable bonds is 10. The molecule has 2 N–H and O–H groups in total. The topological polar surface area (TPSA) is 80.3 Å². The Kier molecular flexibility index (Phi) is 7.66. The molecule has 2 amide bonds. The number of amides is 2. The maximum Gasteiger partial charge on any atom is 0.262 e. The van der Waals surface area contributed by atoms with Crippen molar-refractivity contribution in [3.05, 3.63) is 83.9 Å². The SMILES string of the molecule is O=C(CCCCc1nc2ccccc2s1)Nc1cccc(OCC(=O)Nc2ccccc2)c1. The van der Waals surface area contributed by atoms with E-state index in [1.165, 1.54) is 4.70 Å². The minimum atomic E-state index is -0.247. The van der Waals surface area contributed by atoms with Crippen LogP contribution < -0.4 is 15.4 Å². The van der Waals surface area contributed by atoms with E-state index in [1.807, 2.05) is 48.5 Å². The van der Waals surface area contributed by atoms with Crippen LogP contribution in [-0.2, 0) is 16.0 Å². The average Bonchev–Trinajstić information content (AvgIpc) is 3.24. The second-order valence-corrected chi connectivity index (χ2v) is 8.68. The zero-order chi connectivity index (χ0) is 22.9. The van der Waals surface area contributed by atoms with Gasteiger partial charge in [-0.1, -0.05) is 36.4 Å². The van der Waals surface area contributed by atoms with Crippen LogP contribution in [0.2, 0.25) is 0 Å². The Morgan fingerprint density at radius 3 is 2.42 bits per heavy atom. The first-order valence-corrected chi connectivity index (χ1v) is 11.7. The normalized spacial score (nSPS) is 10.7. The van der Waals surface area contributed by atoms with E-state index < -0.39 is 0 Å². The number of nitrogens with one attached hydrogen (secondary N) is 2. The molecule has 33 heavy (non-hydrogen) atoms. The van der Waals surface area contributed by atoms with Crippen molar-refractivity contribution in [1.29, 1.82) is 0 Å². The highest BCUT2D eigenvalue weighted by Gasteiger charge is 2.07. The van der Waals surface area contributed by atoms with Gasteiger partial charge in [-0.25, -0.2) is 4.98 Å². The van der Waals surface area contributed by atoms with Gasteiger partial charge in [0, 0.05) is 23.9 Å². The van der Waals surface area contributed by atoms with E-state index in [4.69, 9.17) is 4.74 Å². The van der Waals surface area contributed by atoms with Crippen molar-refractivity contribution in [1.82, 2.24) is 4.98 Å². The molecule has 0 saturated carbocycles. The van der Waals surface area contributed by atoms with Crippen molar-refractivity contribution in [3.63, 3.8) is 0 Å². The molecule has 0 aliphatic carbocycles. The molecule has 0 atom stereocenters. The highest BCUT2D eigenvalue weighted by atomic mass is 32.1. The Labute approximate surface area is 196 Å². The van der Waals surface area contributed by atoms with Crippen molar-refractivity contribution < 1.29 is 14.3 Å². The molecule has 0 saturated heterocycles. The van der Waals surface area contributed by atoms with Crippen LogP contribution in [0.25, 0.3) is 10.2 Å². The highest BCUT2D eigenvalue weighted by Crippen LogP contribution is 2.23. The van der Waals surface area contributed by atoms with E-state index in [0.29, 0.717) is 17.9 Å². The van der Waals surface area contributed by atoms with Crippen LogP contribution in [0.1, 0.15) is 24.3 Å². The van der Waals surface area contributed by atoms with Gasteiger partial charge >= 0.3 is 0 Å². The second kappa shape index (κ2) is 11.2. The van der Waals surface area contributed by atoms with Crippen LogP contribution in [0.3, 0.4) is 0 Å². The third kappa shape index (κ3) is 6.89. The number of hydrogen-bond acceptors (Lipinski definition) is 5. The largest absolute Gasteiger partial charge is 0.484 e. The van der Waals surface area contributed by atoms with E-state index in [2.05, 4.69) is 21.7 Å². The van der Waals surface area contributed by atoms with Gasteiger partial charge in [-0.3, -0.25) is 9.59 Å². The number of hydrogen-bond donors (Lipinski definition) is 2. The number of unbranched alkanes of at least 4 members (excludes halogenated alkanes) is 1. The maximum absolute atomic E-state index is 12.3. The molecule has 7 heteroatoms. The summed E-state index contributed by atoms with van der Waals surface area (Å²) < 4.78 is 6.76. The summed E-state index contributed by atoms with van der Waals surface area (Å²) in [4.78, 5) is 29.0. The number of carbonyl (C=O) groups excluding carboxylic acids is 2. The summed E-state index contributed by atoms with van der Waals surface area (Å²) >= 11 is 1.71. The Balaban J connectivity index is 1.18. The molecule has 0 aliphatic rings. The van der Waals surface area contributed by atoms with Gasteiger partial charge in [0.05, 0.1) is 15.2 Å². The van der Waals surface area contributed by atoms with Gasteiger partial charge in [0.15, 0.2) is 6.61 Å². The number of nitrogens with zero attached hydrogens (tertiary/aromatic N) is 1. The van der Waals surface area contributed by atoms with E-state index in [1.54, 1.807) is 35.6 Å². The number of thiazole rings is 1. The highest BCUT2D eigenvalue weighted by molar-refractivity contribution is 7.18. The van der Waals surface area contributed by atoms with Crippen molar-refractivity contribution in [2.24, 2.45) is 0 Å². The quantitative estimate of drug-likeness (QED) is 0.300. The summed E-state index contributed by atoms with van der Waals surface area (Å²) in [5, 5.41) is 6.78. The smallest absolute Gasteiger partial charge is 0.262 e. The molecule has 0 bridgehead atoms. The minimum Gasteiger partial charge on any atom is -0.484 e. The molecule has 168 valence electrons. The van der Waals surface area contributed by atoms with Crippen LogP contribution in [0.4, 0.5) is 11.4 Å². The molecule has 1 heterocycles. The second-order valence-electron chi connectivity index (χ2n) is 7.56. The fourth-order valence-corrected chi connectivity index (χ4v) is 4.35. The summed E-state index contributed by atoms with van der Waals surface area (Å²) in [5.74, 6) is 0.230. The van der Waals surface area contributed by atoms with E-state index in [-0.39, 0.29) is 18.4 Å². The Morgan fingerprint density at radius 2 is 1.58 bits per heavy atom. The molecule has 6 nitrogen and oxygen atoms in total.